The van der Waals surface area contributed by atoms with Crippen molar-refractivity contribution >= 4 is 28.8 Å². The molecule has 0 spiro atoms. The number of rotatable bonds is 6. The molecule has 33 heavy (non-hydrogen) atoms. The van der Waals surface area contributed by atoms with E-state index in [1.807, 2.05) is 38.1 Å². The Bertz CT molecular complexity index is 1190. The average Bonchev–Trinajstić information content (AvgIpc) is 3.10. The molecule has 0 radical (unpaired) electrons. The first-order chi connectivity index (χ1) is 15.9. The number of ketones is 1. The minimum absolute atomic E-state index is 0.0343. The smallest absolute Gasteiger partial charge is 0.300 e. The number of hydrogen-bond acceptors (Lipinski definition) is 6. The van der Waals surface area contributed by atoms with Gasteiger partial charge in [0.05, 0.1) is 18.2 Å². The molecular weight excluding hydrogens is 418 g/mol. The van der Waals surface area contributed by atoms with Crippen LogP contribution in [0.5, 0.6) is 5.75 Å². The van der Waals surface area contributed by atoms with E-state index >= 15 is 0 Å². The first kappa shape index (κ1) is 22.1. The van der Waals surface area contributed by atoms with Gasteiger partial charge in [-0.25, -0.2) is 0 Å². The number of carbonyl (C=O) groups is 2. The van der Waals surface area contributed by atoms with Crippen LogP contribution in [0.25, 0.3) is 5.76 Å². The standard InChI is InChI=1S/C26H25N3O4/c1-4-33-21-11-5-18(6-12-21)24(30)22-23(17-13-15-27-16-14-17)29(26(32)25(22)31)20-9-7-19(8-10-20)28(2)3/h5-16,23,30H,4H2,1-3H3/b24-22+. The molecule has 1 fully saturated rings. The molecule has 4 rings (SSSR count). The molecule has 1 N–H and O–H groups in total. The summed E-state index contributed by atoms with van der Waals surface area (Å²) < 4.78 is 5.46. The molecule has 1 atom stereocenters. The van der Waals surface area contributed by atoms with Gasteiger partial charge in [-0.15, -0.1) is 0 Å². The van der Waals surface area contributed by atoms with Gasteiger partial charge in [0.2, 0.25) is 0 Å². The van der Waals surface area contributed by atoms with Crippen molar-refractivity contribution in [3.05, 3.63) is 89.8 Å². The number of ether oxygens (including phenoxy) is 1. The van der Waals surface area contributed by atoms with Gasteiger partial charge in [0.25, 0.3) is 11.7 Å². The molecular formula is C26H25N3O4. The van der Waals surface area contributed by atoms with E-state index < -0.39 is 17.7 Å². The highest BCUT2D eigenvalue weighted by molar-refractivity contribution is 6.51. The van der Waals surface area contributed by atoms with Gasteiger partial charge in [-0.05, 0) is 73.2 Å². The van der Waals surface area contributed by atoms with E-state index in [1.54, 1.807) is 60.9 Å². The zero-order chi connectivity index (χ0) is 23.5. The number of nitrogens with zero attached hydrogens (tertiary/aromatic N) is 3. The number of aliphatic hydroxyl groups excluding tert-OH is 1. The molecule has 168 valence electrons. The fraction of sp³-hybridized carbons (Fsp3) is 0.192. The fourth-order valence-corrected chi connectivity index (χ4v) is 3.90. The Morgan fingerprint density at radius 3 is 2.21 bits per heavy atom. The zero-order valence-corrected chi connectivity index (χ0v) is 18.7. The Hall–Kier alpha value is -4.13. The highest BCUT2D eigenvalue weighted by Gasteiger charge is 2.46. The van der Waals surface area contributed by atoms with Gasteiger partial charge in [-0.3, -0.25) is 19.5 Å². The Morgan fingerprint density at radius 1 is 1.00 bits per heavy atom. The van der Waals surface area contributed by atoms with Crippen LogP contribution in [0.15, 0.2) is 78.6 Å². The van der Waals surface area contributed by atoms with Crippen LogP contribution in [0.1, 0.15) is 24.1 Å². The lowest BCUT2D eigenvalue weighted by molar-refractivity contribution is -0.132. The lowest BCUT2D eigenvalue weighted by Crippen LogP contribution is -2.29. The molecule has 1 aromatic heterocycles. The predicted octanol–water partition coefficient (Wildman–Crippen LogP) is 4.17. The van der Waals surface area contributed by atoms with Crippen molar-refractivity contribution in [2.75, 3.05) is 30.5 Å². The minimum atomic E-state index is -0.787. The molecule has 1 aliphatic rings. The number of amides is 1. The maximum absolute atomic E-state index is 13.2. The number of hydrogen-bond donors (Lipinski definition) is 1. The number of aliphatic hydroxyl groups is 1. The van der Waals surface area contributed by atoms with Gasteiger partial charge in [0.15, 0.2) is 0 Å². The number of benzene rings is 2. The molecule has 7 heteroatoms. The second-order valence-electron chi connectivity index (χ2n) is 7.82. The van der Waals surface area contributed by atoms with Gasteiger partial charge in [0.1, 0.15) is 11.5 Å². The van der Waals surface area contributed by atoms with Crippen LogP contribution < -0.4 is 14.5 Å². The summed E-state index contributed by atoms with van der Waals surface area (Å²) in [5.74, 6) is -1.01. The number of pyridine rings is 1. The maximum atomic E-state index is 13.2. The van der Waals surface area contributed by atoms with Crippen molar-refractivity contribution in [1.29, 1.82) is 0 Å². The SMILES string of the molecule is CCOc1ccc(/C(O)=C2\C(=O)C(=O)N(c3ccc(N(C)C)cc3)C2c2ccncc2)cc1. The van der Waals surface area contributed by atoms with E-state index in [1.165, 1.54) is 4.90 Å². The lowest BCUT2D eigenvalue weighted by atomic mass is 9.95. The third-order valence-electron chi connectivity index (χ3n) is 5.55. The highest BCUT2D eigenvalue weighted by Crippen LogP contribution is 2.42. The number of aromatic nitrogens is 1. The summed E-state index contributed by atoms with van der Waals surface area (Å²) in [6.07, 6.45) is 3.20. The summed E-state index contributed by atoms with van der Waals surface area (Å²) >= 11 is 0. The van der Waals surface area contributed by atoms with Crippen LogP contribution in [-0.2, 0) is 9.59 Å². The summed E-state index contributed by atoms with van der Waals surface area (Å²) in [6.45, 7) is 2.40. The van der Waals surface area contributed by atoms with E-state index in [0.29, 0.717) is 29.2 Å². The number of anilines is 2. The summed E-state index contributed by atoms with van der Waals surface area (Å²) in [4.78, 5) is 33.8. The van der Waals surface area contributed by atoms with Gasteiger partial charge in [-0.2, -0.15) is 0 Å². The average molecular weight is 444 g/mol. The van der Waals surface area contributed by atoms with E-state index in [4.69, 9.17) is 4.74 Å². The van der Waals surface area contributed by atoms with E-state index in [-0.39, 0.29) is 11.3 Å². The monoisotopic (exact) mass is 443 g/mol. The van der Waals surface area contributed by atoms with Crippen molar-refractivity contribution in [2.45, 2.75) is 13.0 Å². The van der Waals surface area contributed by atoms with Gasteiger partial charge >= 0.3 is 0 Å². The van der Waals surface area contributed by atoms with Crippen molar-refractivity contribution in [3.8, 4) is 5.75 Å². The molecule has 3 aromatic rings. The van der Waals surface area contributed by atoms with Crippen LogP contribution >= 0.6 is 0 Å². The molecule has 1 amide bonds. The molecule has 2 heterocycles. The van der Waals surface area contributed by atoms with E-state index in [9.17, 15) is 14.7 Å². The van der Waals surface area contributed by atoms with E-state index in [0.717, 1.165) is 5.69 Å². The number of Topliss-reactive ketones (excluding diaryl/α,β-unsaturated/α-hetero) is 1. The van der Waals surface area contributed by atoms with Crippen molar-refractivity contribution in [3.63, 3.8) is 0 Å². The second kappa shape index (κ2) is 9.16. The Kier molecular flexibility index (Phi) is 6.13. The Morgan fingerprint density at radius 2 is 1.64 bits per heavy atom. The van der Waals surface area contributed by atoms with Gasteiger partial charge in [-0.1, -0.05) is 0 Å². The maximum Gasteiger partial charge on any atom is 0.300 e. The van der Waals surface area contributed by atoms with Crippen molar-refractivity contribution in [2.24, 2.45) is 0 Å². The zero-order valence-electron chi connectivity index (χ0n) is 18.7. The topological polar surface area (TPSA) is 83.0 Å². The van der Waals surface area contributed by atoms with E-state index in [2.05, 4.69) is 4.98 Å². The predicted molar refractivity (Wildman–Crippen MR) is 127 cm³/mol. The number of carbonyl (C=O) groups excluding carboxylic acids is 2. The Labute approximate surface area is 192 Å². The molecule has 0 bridgehead atoms. The second-order valence-corrected chi connectivity index (χ2v) is 7.82. The van der Waals surface area contributed by atoms with Crippen LogP contribution in [-0.4, -0.2) is 42.5 Å². The lowest BCUT2D eigenvalue weighted by Gasteiger charge is -2.26. The fourth-order valence-electron chi connectivity index (χ4n) is 3.90. The molecule has 2 aromatic carbocycles. The molecule has 0 aliphatic carbocycles. The van der Waals surface area contributed by atoms with Crippen LogP contribution in [0.2, 0.25) is 0 Å². The van der Waals surface area contributed by atoms with Crippen molar-refractivity contribution < 1.29 is 19.4 Å². The molecule has 1 aliphatic heterocycles. The molecule has 1 unspecified atom stereocenters. The minimum Gasteiger partial charge on any atom is -0.507 e. The third-order valence-corrected chi connectivity index (χ3v) is 5.55. The first-order valence-corrected chi connectivity index (χ1v) is 10.6. The highest BCUT2D eigenvalue weighted by atomic mass is 16.5. The summed E-state index contributed by atoms with van der Waals surface area (Å²) in [5, 5.41) is 11.2. The quantitative estimate of drug-likeness (QED) is 0.350. The third kappa shape index (κ3) is 4.17. The molecule has 1 saturated heterocycles. The summed E-state index contributed by atoms with van der Waals surface area (Å²) in [7, 11) is 3.85. The Balaban J connectivity index is 1.84. The van der Waals surface area contributed by atoms with Crippen molar-refractivity contribution in [1.82, 2.24) is 4.98 Å². The van der Waals surface area contributed by atoms with Gasteiger partial charge in [0, 0.05) is 43.4 Å². The largest absolute Gasteiger partial charge is 0.507 e. The normalized spacial score (nSPS) is 17.3. The summed E-state index contributed by atoms with van der Waals surface area (Å²) in [6, 6.07) is 16.8. The molecule has 7 nitrogen and oxygen atoms in total. The molecule has 0 saturated carbocycles. The van der Waals surface area contributed by atoms with Crippen LogP contribution in [0.4, 0.5) is 11.4 Å². The van der Waals surface area contributed by atoms with Gasteiger partial charge < -0.3 is 14.7 Å². The summed E-state index contributed by atoms with van der Waals surface area (Å²) in [5.41, 5.74) is 2.67. The van der Waals surface area contributed by atoms with Crippen LogP contribution in [0.3, 0.4) is 0 Å². The van der Waals surface area contributed by atoms with Crippen LogP contribution in [0, 0.1) is 0 Å². The first-order valence-electron chi connectivity index (χ1n) is 10.6.